The van der Waals surface area contributed by atoms with Gasteiger partial charge in [-0.3, -0.25) is 4.79 Å². The fraction of sp³-hybridized carbons (Fsp3) is 0.652. The van der Waals surface area contributed by atoms with Gasteiger partial charge in [0.15, 0.2) is 5.03 Å². The van der Waals surface area contributed by atoms with Crippen molar-refractivity contribution in [1.82, 2.24) is 23.8 Å². The van der Waals surface area contributed by atoms with Gasteiger partial charge in [0.25, 0.3) is 10.0 Å². The van der Waals surface area contributed by atoms with E-state index in [0.29, 0.717) is 30.9 Å². The molecular formula is C23H30N6O3S. The Morgan fingerprint density at radius 2 is 1.82 bits per heavy atom. The molecule has 4 aliphatic carbocycles. The number of sulfonamides is 1. The fourth-order valence-electron chi connectivity index (χ4n) is 7.32. The van der Waals surface area contributed by atoms with Gasteiger partial charge in [0, 0.05) is 31.8 Å². The van der Waals surface area contributed by atoms with Gasteiger partial charge in [-0.2, -0.15) is 4.31 Å². The van der Waals surface area contributed by atoms with Gasteiger partial charge < -0.3 is 9.88 Å². The number of amides is 1. The van der Waals surface area contributed by atoms with Gasteiger partial charge in [-0.05, 0) is 68.1 Å². The van der Waals surface area contributed by atoms with Crippen LogP contribution in [0.15, 0.2) is 23.9 Å². The first kappa shape index (κ1) is 21.2. The Morgan fingerprint density at radius 3 is 2.45 bits per heavy atom. The summed E-state index contributed by atoms with van der Waals surface area (Å²) in [5, 5.41) is 3.09. The summed E-state index contributed by atoms with van der Waals surface area (Å²) in [6.45, 7) is 0.450. The van der Waals surface area contributed by atoms with Crippen molar-refractivity contribution in [1.29, 1.82) is 0 Å². The lowest BCUT2D eigenvalue weighted by Gasteiger charge is -2.56. The number of hydrogen-bond donors (Lipinski definition) is 1. The quantitative estimate of drug-likeness (QED) is 0.719. The van der Waals surface area contributed by atoms with E-state index in [0.717, 1.165) is 23.3 Å². The number of aryl methyl sites for hydroxylation is 1. The largest absolute Gasteiger partial charge is 0.339 e. The average Bonchev–Trinajstić information content (AvgIpc) is 3.19. The fourth-order valence-corrected chi connectivity index (χ4v) is 8.69. The summed E-state index contributed by atoms with van der Waals surface area (Å²) in [6.07, 6.45) is 13.1. The second-order valence-electron chi connectivity index (χ2n) is 10.8. The van der Waals surface area contributed by atoms with E-state index >= 15 is 0 Å². The van der Waals surface area contributed by atoms with Gasteiger partial charge in [-0.25, -0.2) is 23.4 Å². The zero-order valence-electron chi connectivity index (χ0n) is 18.9. The van der Waals surface area contributed by atoms with Crippen molar-refractivity contribution in [3.8, 4) is 0 Å². The highest BCUT2D eigenvalue weighted by atomic mass is 32.2. The molecule has 0 aromatic carbocycles. The van der Waals surface area contributed by atoms with Crippen molar-refractivity contribution >= 4 is 21.7 Å². The summed E-state index contributed by atoms with van der Waals surface area (Å²) in [7, 11) is -1.96. The Balaban J connectivity index is 1.17. The van der Waals surface area contributed by atoms with Crippen LogP contribution in [0.1, 0.15) is 56.2 Å². The smallest absolute Gasteiger partial charge is 0.262 e. The normalized spacial score (nSPS) is 30.9. The molecule has 2 aromatic rings. The number of anilines is 1. The number of carbonyl (C=O) groups is 1. The predicted molar refractivity (Wildman–Crippen MR) is 120 cm³/mol. The van der Waals surface area contributed by atoms with E-state index in [4.69, 9.17) is 0 Å². The van der Waals surface area contributed by atoms with Crippen LogP contribution in [0.5, 0.6) is 0 Å². The molecule has 0 unspecified atom stereocenters. The highest BCUT2D eigenvalue weighted by molar-refractivity contribution is 7.89. The molecule has 4 fully saturated rings. The minimum atomic E-state index is -3.70. The number of nitrogens with zero attached hydrogens (tertiary/aromatic N) is 5. The zero-order chi connectivity index (χ0) is 22.8. The summed E-state index contributed by atoms with van der Waals surface area (Å²) in [5.41, 5.74) is 1.64. The lowest BCUT2D eigenvalue weighted by atomic mass is 9.49. The Labute approximate surface area is 194 Å². The molecule has 3 heterocycles. The molecule has 2 aromatic heterocycles. The first-order chi connectivity index (χ1) is 15.8. The minimum absolute atomic E-state index is 0.0291. The SMILES string of the molecule is Cn1cnc(S(=O)(=O)N2CCc3c(ncnc3NC(=O)CC34CC5CC(CC(C5)C3)C4)C2)c1. The monoisotopic (exact) mass is 470 g/mol. The first-order valence-corrected chi connectivity index (χ1v) is 13.3. The van der Waals surface area contributed by atoms with Gasteiger partial charge in [-0.15, -0.1) is 0 Å². The summed E-state index contributed by atoms with van der Waals surface area (Å²) < 4.78 is 28.9. The Morgan fingerprint density at radius 1 is 1.12 bits per heavy atom. The van der Waals surface area contributed by atoms with Crippen molar-refractivity contribution in [3.05, 3.63) is 30.1 Å². The molecule has 7 rings (SSSR count). The third-order valence-electron chi connectivity index (χ3n) is 8.22. The lowest BCUT2D eigenvalue weighted by Crippen LogP contribution is -2.47. The van der Waals surface area contributed by atoms with Crippen LogP contribution >= 0.6 is 0 Å². The van der Waals surface area contributed by atoms with Crippen molar-refractivity contribution < 1.29 is 13.2 Å². The van der Waals surface area contributed by atoms with Gasteiger partial charge >= 0.3 is 0 Å². The van der Waals surface area contributed by atoms with Crippen molar-refractivity contribution in [2.24, 2.45) is 30.2 Å². The van der Waals surface area contributed by atoms with E-state index in [2.05, 4.69) is 20.3 Å². The van der Waals surface area contributed by atoms with Crippen LogP contribution in [0.25, 0.3) is 0 Å². The van der Waals surface area contributed by atoms with Gasteiger partial charge in [0.05, 0.1) is 18.6 Å². The molecule has 0 radical (unpaired) electrons. The number of carbonyl (C=O) groups excluding carboxylic acids is 1. The maximum Gasteiger partial charge on any atom is 0.262 e. The highest BCUT2D eigenvalue weighted by Gasteiger charge is 2.51. The number of imidazole rings is 1. The number of fused-ring (bicyclic) bond motifs is 1. The van der Waals surface area contributed by atoms with Gasteiger partial charge in [0.1, 0.15) is 12.1 Å². The molecule has 33 heavy (non-hydrogen) atoms. The molecule has 10 heteroatoms. The van der Waals surface area contributed by atoms with E-state index in [1.54, 1.807) is 11.6 Å². The molecule has 1 aliphatic heterocycles. The molecular weight excluding hydrogens is 440 g/mol. The van der Waals surface area contributed by atoms with E-state index in [1.165, 1.54) is 61.7 Å². The Kier molecular flexibility index (Phi) is 4.88. The summed E-state index contributed by atoms with van der Waals surface area (Å²) in [4.78, 5) is 25.8. The molecule has 4 saturated carbocycles. The summed E-state index contributed by atoms with van der Waals surface area (Å²) in [6, 6.07) is 0. The molecule has 5 aliphatic rings. The molecule has 0 spiro atoms. The number of aromatic nitrogens is 4. The zero-order valence-corrected chi connectivity index (χ0v) is 19.7. The van der Waals surface area contributed by atoms with E-state index in [-0.39, 0.29) is 22.9 Å². The second-order valence-corrected chi connectivity index (χ2v) is 12.6. The third kappa shape index (κ3) is 3.77. The average molecular weight is 471 g/mol. The van der Waals surface area contributed by atoms with Crippen LogP contribution in [0, 0.1) is 23.2 Å². The number of hydrogen-bond acceptors (Lipinski definition) is 6. The second kappa shape index (κ2) is 7.59. The minimum Gasteiger partial charge on any atom is -0.339 e. The van der Waals surface area contributed by atoms with E-state index in [9.17, 15) is 13.2 Å². The topological polar surface area (TPSA) is 110 Å². The van der Waals surface area contributed by atoms with Crippen LogP contribution in [-0.4, -0.2) is 44.7 Å². The lowest BCUT2D eigenvalue weighted by molar-refractivity contribution is -0.124. The Bertz CT molecular complexity index is 1170. The highest BCUT2D eigenvalue weighted by Crippen LogP contribution is 2.61. The van der Waals surface area contributed by atoms with Gasteiger partial charge in [-0.1, -0.05) is 0 Å². The van der Waals surface area contributed by atoms with Gasteiger partial charge in [0.2, 0.25) is 5.91 Å². The first-order valence-electron chi connectivity index (χ1n) is 11.9. The molecule has 0 saturated heterocycles. The van der Waals surface area contributed by atoms with Crippen LogP contribution < -0.4 is 5.32 Å². The van der Waals surface area contributed by atoms with Crippen LogP contribution in [0.3, 0.4) is 0 Å². The van der Waals surface area contributed by atoms with Crippen LogP contribution in [-0.2, 0) is 34.8 Å². The molecule has 4 bridgehead atoms. The third-order valence-corrected chi connectivity index (χ3v) is 9.95. The van der Waals surface area contributed by atoms with Crippen LogP contribution in [0.2, 0.25) is 0 Å². The van der Waals surface area contributed by atoms with Crippen molar-refractivity contribution in [2.45, 2.75) is 62.9 Å². The maximum absolute atomic E-state index is 13.1. The standard InChI is InChI=1S/C23H30N6O3S/c1-28-12-21(26-14-28)33(31,32)29-3-2-18-19(11-29)24-13-25-22(18)27-20(30)10-23-7-15-4-16(8-23)6-17(5-15)9-23/h12-17H,2-11H2,1H3,(H,24,25,27,30). The molecule has 0 atom stereocenters. The number of rotatable bonds is 5. The number of nitrogens with one attached hydrogen (secondary N) is 1. The summed E-state index contributed by atoms with van der Waals surface area (Å²) >= 11 is 0. The summed E-state index contributed by atoms with van der Waals surface area (Å²) in [5.74, 6) is 2.99. The molecule has 9 nitrogen and oxygen atoms in total. The predicted octanol–water partition coefficient (Wildman–Crippen LogP) is 2.50. The maximum atomic E-state index is 13.1. The van der Waals surface area contributed by atoms with E-state index < -0.39 is 10.0 Å². The van der Waals surface area contributed by atoms with E-state index in [1.807, 2.05) is 0 Å². The Hall–Kier alpha value is -2.33. The van der Waals surface area contributed by atoms with Crippen molar-refractivity contribution in [2.75, 3.05) is 11.9 Å². The molecule has 176 valence electrons. The molecule has 1 amide bonds. The van der Waals surface area contributed by atoms with Crippen LogP contribution in [0.4, 0.5) is 5.82 Å². The molecule has 1 N–H and O–H groups in total. The van der Waals surface area contributed by atoms with Crippen molar-refractivity contribution in [3.63, 3.8) is 0 Å².